The minimum absolute atomic E-state index is 0.262. The van der Waals surface area contributed by atoms with Gasteiger partial charge in [0, 0.05) is 27.8 Å². The number of halogens is 3. The van der Waals surface area contributed by atoms with Crippen molar-refractivity contribution in [1.29, 1.82) is 0 Å². The summed E-state index contributed by atoms with van der Waals surface area (Å²) >= 11 is 12.3. The summed E-state index contributed by atoms with van der Waals surface area (Å²) in [4.78, 5) is 0. The van der Waals surface area contributed by atoms with E-state index < -0.39 is 0 Å². The summed E-state index contributed by atoms with van der Waals surface area (Å²) in [5, 5.41) is 4.72. The molecule has 0 bridgehead atoms. The predicted octanol–water partition coefficient (Wildman–Crippen LogP) is 6.63. The van der Waals surface area contributed by atoms with E-state index in [1.165, 1.54) is 12.1 Å². The molecule has 2 nitrogen and oxygen atoms in total. The fourth-order valence-corrected chi connectivity index (χ4v) is 2.93. The van der Waals surface area contributed by atoms with Crippen molar-refractivity contribution in [3.8, 4) is 5.75 Å². The van der Waals surface area contributed by atoms with Crippen LogP contribution in [0.3, 0.4) is 0 Å². The van der Waals surface area contributed by atoms with Crippen LogP contribution in [-0.2, 0) is 13.2 Å². The monoisotopic (exact) mass is 389 g/mol. The van der Waals surface area contributed by atoms with Crippen LogP contribution in [0.4, 0.5) is 10.1 Å². The first-order valence-electron chi connectivity index (χ1n) is 8.17. The summed E-state index contributed by atoms with van der Waals surface area (Å²) in [5.74, 6) is 0.466. The molecule has 0 saturated heterocycles. The lowest BCUT2D eigenvalue weighted by atomic mass is 10.1. The smallest absolute Gasteiger partial charge is 0.124 e. The van der Waals surface area contributed by atoms with Crippen LogP contribution in [0, 0.1) is 12.7 Å². The van der Waals surface area contributed by atoms with Crippen molar-refractivity contribution in [3.05, 3.63) is 93.2 Å². The van der Waals surface area contributed by atoms with Crippen LogP contribution >= 0.6 is 23.2 Å². The van der Waals surface area contributed by atoms with Gasteiger partial charge in [-0.05, 0) is 60.5 Å². The van der Waals surface area contributed by atoms with E-state index in [9.17, 15) is 4.39 Å². The van der Waals surface area contributed by atoms with Gasteiger partial charge >= 0.3 is 0 Å². The van der Waals surface area contributed by atoms with Gasteiger partial charge in [0.2, 0.25) is 0 Å². The molecule has 3 rings (SSSR count). The normalized spacial score (nSPS) is 10.6. The Labute approximate surface area is 162 Å². The molecule has 0 aromatic heterocycles. The topological polar surface area (TPSA) is 21.3 Å². The molecule has 0 amide bonds. The van der Waals surface area contributed by atoms with Gasteiger partial charge in [0.1, 0.15) is 18.2 Å². The van der Waals surface area contributed by atoms with Gasteiger partial charge in [-0.2, -0.15) is 0 Å². The Morgan fingerprint density at radius 3 is 2.54 bits per heavy atom. The minimum atomic E-state index is -0.262. The second kappa shape index (κ2) is 8.43. The Kier molecular flexibility index (Phi) is 6.02. The van der Waals surface area contributed by atoms with Gasteiger partial charge in [-0.25, -0.2) is 4.39 Å². The number of hydrogen-bond donors (Lipinski definition) is 1. The molecular formula is C21H18Cl2FNO. The highest BCUT2D eigenvalue weighted by atomic mass is 35.5. The molecule has 26 heavy (non-hydrogen) atoms. The molecule has 5 heteroatoms. The van der Waals surface area contributed by atoms with Crippen molar-refractivity contribution >= 4 is 28.9 Å². The average Bonchev–Trinajstić information content (AvgIpc) is 2.63. The second-order valence-electron chi connectivity index (χ2n) is 5.93. The lowest BCUT2D eigenvalue weighted by Gasteiger charge is -2.15. The summed E-state index contributed by atoms with van der Waals surface area (Å²) in [6.45, 7) is 2.86. The molecule has 3 aromatic carbocycles. The average molecular weight is 390 g/mol. The van der Waals surface area contributed by atoms with Crippen LogP contribution in [0.5, 0.6) is 5.75 Å². The molecule has 0 saturated carbocycles. The van der Waals surface area contributed by atoms with Crippen LogP contribution in [0.25, 0.3) is 0 Å². The summed E-state index contributed by atoms with van der Waals surface area (Å²) in [5.41, 5.74) is 3.77. The van der Waals surface area contributed by atoms with Crippen molar-refractivity contribution < 1.29 is 9.13 Å². The first-order valence-corrected chi connectivity index (χ1v) is 8.93. The molecular weight excluding hydrogens is 372 g/mol. The molecule has 0 heterocycles. The quantitative estimate of drug-likeness (QED) is 0.510. The highest BCUT2D eigenvalue weighted by Crippen LogP contribution is 2.27. The minimum Gasteiger partial charge on any atom is -0.489 e. The number of hydrogen-bond acceptors (Lipinski definition) is 2. The standard InChI is InChI=1S/C21H18Cl2FNO/c1-14-19(23)3-2-4-20(14)25-12-16-11-17(22)7-10-21(16)26-13-15-5-8-18(24)9-6-15/h2-11,25H,12-13H2,1H3. The highest BCUT2D eigenvalue weighted by molar-refractivity contribution is 6.31. The van der Waals surface area contributed by atoms with Crippen molar-refractivity contribution in [2.45, 2.75) is 20.1 Å². The fourth-order valence-electron chi connectivity index (χ4n) is 2.56. The molecule has 0 radical (unpaired) electrons. The van der Waals surface area contributed by atoms with E-state index in [0.29, 0.717) is 23.2 Å². The van der Waals surface area contributed by atoms with E-state index in [1.54, 1.807) is 18.2 Å². The van der Waals surface area contributed by atoms with E-state index in [2.05, 4.69) is 5.32 Å². The second-order valence-corrected chi connectivity index (χ2v) is 6.78. The zero-order chi connectivity index (χ0) is 18.5. The summed E-state index contributed by atoms with van der Waals surface area (Å²) in [6, 6.07) is 17.5. The van der Waals surface area contributed by atoms with Gasteiger partial charge in [-0.1, -0.05) is 41.4 Å². The third kappa shape index (κ3) is 4.69. The third-order valence-corrected chi connectivity index (χ3v) is 4.71. The molecule has 1 N–H and O–H groups in total. The van der Waals surface area contributed by atoms with Crippen molar-refractivity contribution in [1.82, 2.24) is 0 Å². The SMILES string of the molecule is Cc1c(Cl)cccc1NCc1cc(Cl)ccc1OCc1ccc(F)cc1. The Morgan fingerprint density at radius 1 is 1.00 bits per heavy atom. The Hall–Kier alpha value is -2.23. The number of ether oxygens (including phenoxy) is 1. The Balaban J connectivity index is 1.73. The zero-order valence-electron chi connectivity index (χ0n) is 14.2. The van der Waals surface area contributed by atoms with Crippen molar-refractivity contribution in [2.75, 3.05) is 5.32 Å². The predicted molar refractivity (Wildman–Crippen MR) is 106 cm³/mol. The van der Waals surface area contributed by atoms with E-state index in [4.69, 9.17) is 27.9 Å². The summed E-state index contributed by atoms with van der Waals surface area (Å²) in [7, 11) is 0. The third-order valence-electron chi connectivity index (χ3n) is 4.07. The van der Waals surface area contributed by atoms with E-state index in [-0.39, 0.29) is 5.82 Å². The molecule has 3 aromatic rings. The number of benzene rings is 3. The van der Waals surface area contributed by atoms with Gasteiger partial charge in [-0.15, -0.1) is 0 Å². The maximum Gasteiger partial charge on any atom is 0.124 e. The van der Waals surface area contributed by atoms with Gasteiger partial charge in [0.05, 0.1) is 0 Å². The van der Waals surface area contributed by atoms with Crippen LogP contribution in [0.2, 0.25) is 10.0 Å². The maximum absolute atomic E-state index is 13.0. The van der Waals surface area contributed by atoms with Crippen molar-refractivity contribution in [2.24, 2.45) is 0 Å². The first-order chi connectivity index (χ1) is 12.5. The zero-order valence-corrected chi connectivity index (χ0v) is 15.7. The number of anilines is 1. The van der Waals surface area contributed by atoms with E-state index in [0.717, 1.165) is 28.1 Å². The van der Waals surface area contributed by atoms with E-state index in [1.807, 2.05) is 37.3 Å². The van der Waals surface area contributed by atoms with Gasteiger partial charge in [0.15, 0.2) is 0 Å². The Bertz CT molecular complexity index is 897. The Morgan fingerprint density at radius 2 is 1.77 bits per heavy atom. The molecule has 0 unspecified atom stereocenters. The number of nitrogens with one attached hydrogen (secondary N) is 1. The first kappa shape index (κ1) is 18.6. The number of rotatable bonds is 6. The lowest BCUT2D eigenvalue weighted by molar-refractivity contribution is 0.303. The van der Waals surface area contributed by atoms with E-state index >= 15 is 0 Å². The van der Waals surface area contributed by atoms with Gasteiger partial charge in [-0.3, -0.25) is 0 Å². The molecule has 0 aliphatic rings. The molecule has 0 aliphatic carbocycles. The van der Waals surface area contributed by atoms with Crippen LogP contribution in [-0.4, -0.2) is 0 Å². The largest absolute Gasteiger partial charge is 0.489 e. The maximum atomic E-state index is 13.0. The van der Waals surface area contributed by atoms with Crippen LogP contribution in [0.1, 0.15) is 16.7 Å². The lowest BCUT2D eigenvalue weighted by Crippen LogP contribution is -2.05. The fraction of sp³-hybridized carbons (Fsp3) is 0.143. The highest BCUT2D eigenvalue weighted by Gasteiger charge is 2.08. The summed E-state index contributed by atoms with van der Waals surface area (Å²) < 4.78 is 18.9. The molecule has 0 spiro atoms. The van der Waals surface area contributed by atoms with Crippen LogP contribution in [0.15, 0.2) is 60.7 Å². The molecule has 0 fully saturated rings. The van der Waals surface area contributed by atoms with Crippen LogP contribution < -0.4 is 10.1 Å². The van der Waals surface area contributed by atoms with Crippen molar-refractivity contribution in [3.63, 3.8) is 0 Å². The van der Waals surface area contributed by atoms with Gasteiger partial charge in [0.25, 0.3) is 0 Å². The molecule has 134 valence electrons. The molecule has 0 aliphatic heterocycles. The molecule has 0 atom stereocenters. The summed E-state index contributed by atoms with van der Waals surface area (Å²) in [6.07, 6.45) is 0. The van der Waals surface area contributed by atoms with Gasteiger partial charge < -0.3 is 10.1 Å².